The van der Waals surface area contributed by atoms with Gasteiger partial charge >= 0.3 is 0 Å². The second-order valence-electron chi connectivity index (χ2n) is 4.64. The monoisotopic (exact) mass is 268 g/mol. The maximum Gasteiger partial charge on any atom is 0.160 e. The van der Waals surface area contributed by atoms with Crippen molar-refractivity contribution >= 4 is 0 Å². The summed E-state index contributed by atoms with van der Waals surface area (Å²) in [4.78, 5) is 0. The molecule has 0 radical (unpaired) electrons. The molecule has 0 saturated heterocycles. The van der Waals surface area contributed by atoms with E-state index in [1.165, 1.54) is 6.07 Å². The van der Waals surface area contributed by atoms with Crippen LogP contribution in [0.1, 0.15) is 37.7 Å². The standard InChI is InChI=1S/C15H24O4/c1-18-14(19-2)11-6-4-3-5-8-12-9-7-10-13(16)15(12)17/h7,9-10,14,16-17H,3-6,8,11H2,1-2H3. The van der Waals surface area contributed by atoms with Crippen molar-refractivity contribution in [2.45, 2.75) is 44.8 Å². The number of phenolic OH excluding ortho intramolecular Hbond substituents is 2. The fourth-order valence-electron chi connectivity index (χ4n) is 2.09. The van der Waals surface area contributed by atoms with E-state index in [1.54, 1.807) is 20.3 Å². The van der Waals surface area contributed by atoms with E-state index in [1.807, 2.05) is 6.07 Å². The van der Waals surface area contributed by atoms with Crippen LogP contribution in [0.5, 0.6) is 11.5 Å². The van der Waals surface area contributed by atoms with E-state index < -0.39 is 0 Å². The number of para-hydroxylation sites is 1. The molecule has 1 aromatic carbocycles. The quantitative estimate of drug-likeness (QED) is 0.410. The summed E-state index contributed by atoms with van der Waals surface area (Å²) < 4.78 is 10.2. The highest BCUT2D eigenvalue weighted by atomic mass is 16.7. The van der Waals surface area contributed by atoms with Crippen molar-refractivity contribution in [3.8, 4) is 11.5 Å². The molecule has 19 heavy (non-hydrogen) atoms. The Bertz CT molecular complexity index is 361. The van der Waals surface area contributed by atoms with Crippen LogP contribution in [0.15, 0.2) is 18.2 Å². The summed E-state index contributed by atoms with van der Waals surface area (Å²) in [5.41, 5.74) is 0.812. The lowest BCUT2D eigenvalue weighted by Crippen LogP contribution is -2.12. The number of hydrogen-bond acceptors (Lipinski definition) is 4. The first-order valence-electron chi connectivity index (χ1n) is 6.74. The van der Waals surface area contributed by atoms with Crippen LogP contribution in [0.25, 0.3) is 0 Å². The Balaban J connectivity index is 2.16. The minimum absolute atomic E-state index is 0.0151. The van der Waals surface area contributed by atoms with Gasteiger partial charge in [-0.15, -0.1) is 0 Å². The molecule has 108 valence electrons. The largest absolute Gasteiger partial charge is 0.504 e. The van der Waals surface area contributed by atoms with Crippen molar-refractivity contribution in [2.24, 2.45) is 0 Å². The van der Waals surface area contributed by atoms with Crippen LogP contribution in [-0.2, 0) is 15.9 Å². The molecule has 0 unspecified atom stereocenters. The van der Waals surface area contributed by atoms with Crippen LogP contribution in [0, 0.1) is 0 Å². The summed E-state index contributed by atoms with van der Waals surface area (Å²) in [6, 6.07) is 5.10. The molecule has 4 nitrogen and oxygen atoms in total. The van der Waals surface area contributed by atoms with Crippen LogP contribution in [0.2, 0.25) is 0 Å². The number of benzene rings is 1. The average molecular weight is 268 g/mol. The number of aromatic hydroxyl groups is 2. The second-order valence-corrected chi connectivity index (χ2v) is 4.64. The summed E-state index contributed by atoms with van der Waals surface area (Å²) in [6.45, 7) is 0. The molecule has 0 aliphatic heterocycles. The predicted molar refractivity (Wildman–Crippen MR) is 74.4 cm³/mol. The SMILES string of the molecule is COC(CCCCCCc1cccc(O)c1O)OC. The average Bonchev–Trinajstić information content (AvgIpc) is 2.42. The molecule has 0 saturated carbocycles. The lowest BCUT2D eigenvalue weighted by Gasteiger charge is -2.12. The van der Waals surface area contributed by atoms with Crippen molar-refractivity contribution in [1.82, 2.24) is 0 Å². The van der Waals surface area contributed by atoms with Crippen LogP contribution in [0.3, 0.4) is 0 Å². The van der Waals surface area contributed by atoms with E-state index in [2.05, 4.69) is 0 Å². The minimum atomic E-state index is -0.102. The zero-order valence-electron chi connectivity index (χ0n) is 11.8. The van der Waals surface area contributed by atoms with Crippen molar-refractivity contribution in [2.75, 3.05) is 14.2 Å². The number of aryl methyl sites for hydroxylation is 1. The highest BCUT2D eigenvalue weighted by Gasteiger charge is 2.06. The van der Waals surface area contributed by atoms with Gasteiger partial charge in [-0.25, -0.2) is 0 Å². The molecule has 2 N–H and O–H groups in total. The molecule has 0 aliphatic carbocycles. The van der Waals surface area contributed by atoms with E-state index in [0.29, 0.717) is 0 Å². The predicted octanol–water partition coefficient (Wildman–Crippen LogP) is 3.21. The fraction of sp³-hybridized carbons (Fsp3) is 0.600. The van der Waals surface area contributed by atoms with Gasteiger partial charge in [-0.3, -0.25) is 0 Å². The highest BCUT2D eigenvalue weighted by molar-refractivity contribution is 5.44. The maximum atomic E-state index is 9.65. The molecule has 0 aromatic heterocycles. The number of methoxy groups -OCH3 is 2. The van der Waals surface area contributed by atoms with Crippen molar-refractivity contribution in [3.63, 3.8) is 0 Å². The third-order valence-corrected chi connectivity index (χ3v) is 3.26. The van der Waals surface area contributed by atoms with Gasteiger partial charge in [0.1, 0.15) is 0 Å². The molecule has 1 rings (SSSR count). The smallest absolute Gasteiger partial charge is 0.160 e. The molecule has 0 atom stereocenters. The molecule has 4 heteroatoms. The Hall–Kier alpha value is -1.26. The van der Waals surface area contributed by atoms with Crippen LogP contribution in [0.4, 0.5) is 0 Å². The first-order valence-corrected chi connectivity index (χ1v) is 6.74. The summed E-state index contributed by atoms with van der Waals surface area (Å²) in [5, 5.41) is 19.0. The third kappa shape index (κ3) is 5.49. The molecule has 0 amide bonds. The van der Waals surface area contributed by atoms with Crippen molar-refractivity contribution < 1.29 is 19.7 Å². The first-order chi connectivity index (χ1) is 9.19. The first kappa shape index (κ1) is 15.8. The van der Waals surface area contributed by atoms with E-state index in [0.717, 1.165) is 44.1 Å². The topological polar surface area (TPSA) is 58.9 Å². The van der Waals surface area contributed by atoms with Gasteiger partial charge in [0.25, 0.3) is 0 Å². The van der Waals surface area contributed by atoms with E-state index in [4.69, 9.17) is 9.47 Å². The van der Waals surface area contributed by atoms with Crippen LogP contribution < -0.4 is 0 Å². The zero-order chi connectivity index (χ0) is 14.1. The third-order valence-electron chi connectivity index (χ3n) is 3.26. The van der Waals surface area contributed by atoms with Gasteiger partial charge in [0.2, 0.25) is 0 Å². The highest BCUT2D eigenvalue weighted by Crippen LogP contribution is 2.29. The molecule has 0 aliphatic rings. The summed E-state index contributed by atoms with van der Waals surface area (Å²) >= 11 is 0. The molecule has 0 spiro atoms. The Morgan fingerprint density at radius 3 is 2.37 bits per heavy atom. The maximum absolute atomic E-state index is 9.65. The lowest BCUT2D eigenvalue weighted by molar-refractivity contribution is -0.107. The van der Waals surface area contributed by atoms with Gasteiger partial charge in [-0.05, 0) is 37.3 Å². The molecular formula is C15H24O4. The summed E-state index contributed by atoms with van der Waals surface area (Å²) in [7, 11) is 3.30. The second kappa shape index (κ2) is 8.77. The zero-order valence-corrected chi connectivity index (χ0v) is 11.8. The van der Waals surface area contributed by atoms with Crippen molar-refractivity contribution in [3.05, 3.63) is 23.8 Å². The van der Waals surface area contributed by atoms with Gasteiger partial charge < -0.3 is 19.7 Å². The molecule has 0 fully saturated rings. The number of phenols is 2. The summed E-state index contributed by atoms with van der Waals surface area (Å²) in [6.07, 6.45) is 5.87. The number of hydrogen-bond donors (Lipinski definition) is 2. The van der Waals surface area contributed by atoms with Gasteiger partial charge in [0, 0.05) is 14.2 Å². The van der Waals surface area contributed by atoms with Crippen molar-refractivity contribution in [1.29, 1.82) is 0 Å². The Kier molecular flexibility index (Phi) is 7.30. The number of unbranched alkanes of at least 4 members (excludes halogenated alkanes) is 3. The van der Waals surface area contributed by atoms with Crippen LogP contribution >= 0.6 is 0 Å². The van der Waals surface area contributed by atoms with Gasteiger partial charge in [0.15, 0.2) is 17.8 Å². The molecule has 0 heterocycles. The Morgan fingerprint density at radius 2 is 1.68 bits per heavy atom. The number of ether oxygens (including phenoxy) is 2. The normalized spacial score (nSPS) is 11.1. The van der Waals surface area contributed by atoms with Gasteiger partial charge in [-0.1, -0.05) is 25.0 Å². The lowest BCUT2D eigenvalue weighted by atomic mass is 10.0. The minimum Gasteiger partial charge on any atom is -0.504 e. The van der Waals surface area contributed by atoms with Gasteiger partial charge in [-0.2, -0.15) is 0 Å². The van der Waals surface area contributed by atoms with Crippen LogP contribution in [-0.4, -0.2) is 30.7 Å². The fourth-order valence-corrected chi connectivity index (χ4v) is 2.09. The Labute approximate surface area is 115 Å². The number of rotatable bonds is 9. The van der Waals surface area contributed by atoms with E-state index in [9.17, 15) is 10.2 Å². The molecule has 0 bridgehead atoms. The van der Waals surface area contributed by atoms with E-state index in [-0.39, 0.29) is 17.8 Å². The summed E-state index contributed by atoms with van der Waals surface area (Å²) in [5.74, 6) is -0.0261. The molecule has 1 aromatic rings. The van der Waals surface area contributed by atoms with Gasteiger partial charge in [0.05, 0.1) is 0 Å². The van der Waals surface area contributed by atoms with E-state index >= 15 is 0 Å². The Morgan fingerprint density at radius 1 is 1.00 bits per heavy atom. The molecular weight excluding hydrogens is 244 g/mol.